The number of benzene rings is 1. The van der Waals surface area contributed by atoms with Crippen molar-refractivity contribution in [1.29, 1.82) is 0 Å². The minimum atomic E-state index is -0.242. The molecular formula is C14H22FNO. The van der Waals surface area contributed by atoms with Crippen molar-refractivity contribution >= 4 is 0 Å². The van der Waals surface area contributed by atoms with Crippen LogP contribution in [0.5, 0.6) is 5.75 Å². The fraction of sp³-hybridized carbons (Fsp3) is 0.571. The second-order valence-electron chi connectivity index (χ2n) is 5.69. The number of ether oxygens (including phenoxy) is 1. The third-order valence-corrected chi connectivity index (χ3v) is 2.62. The lowest BCUT2D eigenvalue weighted by molar-refractivity contribution is 0.336. The van der Waals surface area contributed by atoms with Gasteiger partial charge in [-0.1, -0.05) is 26.8 Å². The average Bonchev–Trinajstić information content (AvgIpc) is 2.18. The van der Waals surface area contributed by atoms with Gasteiger partial charge in [-0.05, 0) is 29.9 Å². The summed E-state index contributed by atoms with van der Waals surface area (Å²) in [7, 11) is 1.53. The van der Waals surface area contributed by atoms with Crippen LogP contribution in [0.4, 0.5) is 4.39 Å². The number of nitrogens with two attached hydrogens (primary N) is 1. The summed E-state index contributed by atoms with van der Waals surface area (Å²) in [5.41, 5.74) is 6.86. The Morgan fingerprint density at radius 1 is 1.35 bits per heavy atom. The average molecular weight is 239 g/mol. The van der Waals surface area contributed by atoms with Crippen LogP contribution in [0.15, 0.2) is 18.2 Å². The summed E-state index contributed by atoms with van der Waals surface area (Å²) in [5, 5.41) is 0. The number of halogens is 1. The summed E-state index contributed by atoms with van der Waals surface area (Å²) in [6.07, 6.45) is 1.44. The van der Waals surface area contributed by atoms with E-state index in [0.29, 0.717) is 17.7 Å². The monoisotopic (exact) mass is 239 g/mol. The molecule has 0 fully saturated rings. The maximum atomic E-state index is 13.7. The van der Waals surface area contributed by atoms with Crippen molar-refractivity contribution in [1.82, 2.24) is 0 Å². The van der Waals surface area contributed by atoms with E-state index in [1.54, 1.807) is 12.1 Å². The molecular weight excluding hydrogens is 217 g/mol. The number of hydrogen-bond acceptors (Lipinski definition) is 2. The highest BCUT2D eigenvalue weighted by molar-refractivity contribution is 5.29. The first-order valence-corrected chi connectivity index (χ1v) is 5.90. The van der Waals surface area contributed by atoms with Gasteiger partial charge in [0.2, 0.25) is 0 Å². The van der Waals surface area contributed by atoms with Gasteiger partial charge in [-0.15, -0.1) is 0 Å². The van der Waals surface area contributed by atoms with Gasteiger partial charge in [0.05, 0.1) is 7.11 Å². The lowest BCUT2D eigenvalue weighted by Crippen LogP contribution is -2.28. The highest BCUT2D eigenvalue weighted by Crippen LogP contribution is 2.23. The van der Waals surface area contributed by atoms with Crippen LogP contribution in [0.2, 0.25) is 0 Å². The Hall–Kier alpha value is -1.09. The minimum Gasteiger partial charge on any atom is -0.497 e. The second kappa shape index (κ2) is 5.50. The predicted octanol–water partition coefficient (Wildman–Crippen LogP) is 3.14. The molecule has 17 heavy (non-hydrogen) atoms. The Labute approximate surface area is 103 Å². The van der Waals surface area contributed by atoms with E-state index in [1.165, 1.54) is 13.2 Å². The normalized spacial score (nSPS) is 13.5. The van der Waals surface area contributed by atoms with Gasteiger partial charge in [0.15, 0.2) is 0 Å². The van der Waals surface area contributed by atoms with E-state index < -0.39 is 0 Å². The number of methoxy groups -OCH3 is 1. The summed E-state index contributed by atoms with van der Waals surface area (Å²) < 4.78 is 18.7. The molecule has 96 valence electrons. The van der Waals surface area contributed by atoms with Crippen molar-refractivity contribution in [3.8, 4) is 5.75 Å². The molecule has 1 rings (SSSR count). The smallest absolute Gasteiger partial charge is 0.130 e. The SMILES string of the molecule is COc1ccc(CC(N)CC(C)(C)C)c(F)c1. The fourth-order valence-electron chi connectivity index (χ4n) is 1.96. The van der Waals surface area contributed by atoms with Crippen LogP contribution in [-0.2, 0) is 6.42 Å². The highest BCUT2D eigenvalue weighted by atomic mass is 19.1. The molecule has 0 aliphatic rings. The van der Waals surface area contributed by atoms with E-state index in [-0.39, 0.29) is 17.3 Å². The number of hydrogen-bond donors (Lipinski definition) is 1. The quantitative estimate of drug-likeness (QED) is 0.876. The molecule has 1 aromatic rings. The maximum absolute atomic E-state index is 13.7. The molecule has 1 aromatic carbocycles. The lowest BCUT2D eigenvalue weighted by atomic mass is 9.86. The Bertz CT molecular complexity index is 371. The van der Waals surface area contributed by atoms with Crippen molar-refractivity contribution in [2.75, 3.05) is 7.11 Å². The summed E-state index contributed by atoms with van der Waals surface area (Å²) in [4.78, 5) is 0. The third kappa shape index (κ3) is 4.73. The molecule has 0 saturated heterocycles. The van der Waals surface area contributed by atoms with Crippen molar-refractivity contribution in [3.05, 3.63) is 29.6 Å². The molecule has 0 bridgehead atoms. The summed E-state index contributed by atoms with van der Waals surface area (Å²) >= 11 is 0. The van der Waals surface area contributed by atoms with Crippen LogP contribution in [-0.4, -0.2) is 13.2 Å². The van der Waals surface area contributed by atoms with E-state index in [0.717, 1.165) is 6.42 Å². The van der Waals surface area contributed by atoms with E-state index in [1.807, 2.05) is 0 Å². The van der Waals surface area contributed by atoms with E-state index in [9.17, 15) is 4.39 Å². The van der Waals surface area contributed by atoms with Gasteiger partial charge in [0.25, 0.3) is 0 Å². The number of rotatable bonds is 4. The van der Waals surface area contributed by atoms with E-state index in [4.69, 9.17) is 10.5 Å². The van der Waals surface area contributed by atoms with Gasteiger partial charge in [-0.3, -0.25) is 0 Å². The highest BCUT2D eigenvalue weighted by Gasteiger charge is 2.17. The molecule has 0 heterocycles. The topological polar surface area (TPSA) is 35.2 Å². The van der Waals surface area contributed by atoms with Crippen LogP contribution >= 0.6 is 0 Å². The summed E-state index contributed by atoms with van der Waals surface area (Å²) in [5.74, 6) is 0.296. The summed E-state index contributed by atoms with van der Waals surface area (Å²) in [6.45, 7) is 6.41. The van der Waals surface area contributed by atoms with Crippen molar-refractivity contribution in [2.45, 2.75) is 39.7 Å². The molecule has 0 aliphatic carbocycles. The third-order valence-electron chi connectivity index (χ3n) is 2.62. The molecule has 1 atom stereocenters. The van der Waals surface area contributed by atoms with Gasteiger partial charge in [-0.2, -0.15) is 0 Å². The molecule has 3 heteroatoms. The first-order valence-electron chi connectivity index (χ1n) is 5.90. The predicted molar refractivity (Wildman–Crippen MR) is 68.7 cm³/mol. The van der Waals surface area contributed by atoms with Gasteiger partial charge in [0, 0.05) is 12.1 Å². The first-order chi connectivity index (χ1) is 7.81. The van der Waals surface area contributed by atoms with E-state index in [2.05, 4.69) is 20.8 Å². The molecule has 0 radical (unpaired) electrons. The standard InChI is InChI=1S/C14H22FNO/c1-14(2,3)9-11(16)7-10-5-6-12(17-4)8-13(10)15/h5-6,8,11H,7,9,16H2,1-4H3. The fourth-order valence-corrected chi connectivity index (χ4v) is 1.96. The largest absolute Gasteiger partial charge is 0.497 e. The van der Waals surface area contributed by atoms with Crippen molar-refractivity contribution in [2.24, 2.45) is 11.1 Å². The zero-order valence-corrected chi connectivity index (χ0v) is 11.1. The molecule has 2 N–H and O–H groups in total. The molecule has 2 nitrogen and oxygen atoms in total. The maximum Gasteiger partial charge on any atom is 0.130 e. The Balaban J connectivity index is 2.68. The molecule has 1 unspecified atom stereocenters. The zero-order valence-electron chi connectivity index (χ0n) is 11.1. The Morgan fingerprint density at radius 3 is 2.47 bits per heavy atom. The van der Waals surface area contributed by atoms with Crippen LogP contribution < -0.4 is 10.5 Å². The van der Waals surface area contributed by atoms with Crippen LogP contribution in [0.25, 0.3) is 0 Å². The van der Waals surface area contributed by atoms with Crippen LogP contribution in [0, 0.1) is 11.2 Å². The minimum absolute atomic E-state index is 0.0158. The molecule has 0 spiro atoms. The Kier molecular flexibility index (Phi) is 4.52. The lowest BCUT2D eigenvalue weighted by Gasteiger charge is -2.23. The van der Waals surface area contributed by atoms with Crippen molar-refractivity contribution in [3.63, 3.8) is 0 Å². The summed E-state index contributed by atoms with van der Waals surface area (Å²) in [6, 6.07) is 4.90. The van der Waals surface area contributed by atoms with Gasteiger partial charge in [-0.25, -0.2) is 4.39 Å². The van der Waals surface area contributed by atoms with Gasteiger partial charge < -0.3 is 10.5 Å². The van der Waals surface area contributed by atoms with Gasteiger partial charge >= 0.3 is 0 Å². The van der Waals surface area contributed by atoms with Crippen LogP contribution in [0.3, 0.4) is 0 Å². The Morgan fingerprint density at radius 2 is 2.00 bits per heavy atom. The zero-order chi connectivity index (χ0) is 13.1. The molecule has 0 amide bonds. The first kappa shape index (κ1) is 14.0. The van der Waals surface area contributed by atoms with Crippen LogP contribution in [0.1, 0.15) is 32.8 Å². The van der Waals surface area contributed by atoms with Crippen molar-refractivity contribution < 1.29 is 9.13 Å². The van der Waals surface area contributed by atoms with E-state index >= 15 is 0 Å². The molecule has 0 aliphatic heterocycles. The second-order valence-corrected chi connectivity index (χ2v) is 5.69. The van der Waals surface area contributed by atoms with Gasteiger partial charge in [0.1, 0.15) is 11.6 Å². The molecule has 0 aromatic heterocycles. The molecule has 0 saturated carbocycles.